The van der Waals surface area contributed by atoms with E-state index in [4.69, 9.17) is 23.2 Å². The molecule has 1 fully saturated rings. The van der Waals surface area contributed by atoms with Gasteiger partial charge in [0.25, 0.3) is 0 Å². The van der Waals surface area contributed by atoms with Crippen molar-refractivity contribution in [3.05, 3.63) is 28.2 Å². The van der Waals surface area contributed by atoms with Gasteiger partial charge in [-0.1, -0.05) is 23.2 Å². The van der Waals surface area contributed by atoms with Crippen molar-refractivity contribution in [1.82, 2.24) is 4.90 Å². The lowest BCUT2D eigenvalue weighted by molar-refractivity contribution is -0.129. The Kier molecular flexibility index (Phi) is 4.36. The average Bonchev–Trinajstić information content (AvgIpc) is 3.13. The van der Waals surface area contributed by atoms with Crippen LogP contribution < -0.4 is 5.32 Å². The smallest absolute Gasteiger partial charge is 0.242 e. The van der Waals surface area contributed by atoms with Crippen LogP contribution in [-0.4, -0.2) is 29.9 Å². The van der Waals surface area contributed by atoms with Crippen molar-refractivity contribution >= 4 is 34.8 Å². The second-order valence-electron chi connectivity index (χ2n) is 4.39. The summed E-state index contributed by atoms with van der Waals surface area (Å²) in [6.45, 7) is 3.04. The van der Waals surface area contributed by atoms with E-state index in [1.54, 1.807) is 18.2 Å². The van der Waals surface area contributed by atoms with Gasteiger partial charge in [-0.05, 0) is 38.0 Å². The van der Waals surface area contributed by atoms with Crippen molar-refractivity contribution in [2.45, 2.75) is 25.8 Å². The molecule has 1 amide bonds. The van der Waals surface area contributed by atoms with Crippen LogP contribution in [0.2, 0.25) is 10.0 Å². The molecular weight excluding hydrogens is 271 g/mol. The molecule has 0 aliphatic heterocycles. The zero-order valence-corrected chi connectivity index (χ0v) is 11.8. The van der Waals surface area contributed by atoms with E-state index in [2.05, 4.69) is 5.32 Å². The number of nitrogens with zero attached hydrogens (tertiary/aromatic N) is 1. The topological polar surface area (TPSA) is 32.3 Å². The highest BCUT2D eigenvalue weighted by Crippen LogP contribution is 2.27. The first-order valence-electron chi connectivity index (χ1n) is 6.10. The van der Waals surface area contributed by atoms with Gasteiger partial charge in [0.1, 0.15) is 0 Å². The highest BCUT2D eigenvalue weighted by Gasteiger charge is 2.30. The fourth-order valence-electron chi connectivity index (χ4n) is 1.93. The molecule has 18 heavy (non-hydrogen) atoms. The fourth-order valence-corrected chi connectivity index (χ4v) is 2.40. The van der Waals surface area contributed by atoms with Crippen molar-refractivity contribution in [2.75, 3.05) is 18.4 Å². The minimum Gasteiger partial charge on any atom is -0.375 e. The van der Waals surface area contributed by atoms with Crippen LogP contribution in [0.3, 0.4) is 0 Å². The van der Waals surface area contributed by atoms with Crippen molar-refractivity contribution in [2.24, 2.45) is 0 Å². The molecular formula is C13H16Cl2N2O. The number of likely N-dealkylation sites (N-methyl/N-ethyl adjacent to an activating group) is 1. The van der Waals surface area contributed by atoms with Gasteiger partial charge >= 0.3 is 0 Å². The molecule has 1 aromatic rings. The predicted octanol–water partition coefficient (Wildman–Crippen LogP) is 3.42. The average molecular weight is 287 g/mol. The zero-order valence-electron chi connectivity index (χ0n) is 10.2. The number of rotatable bonds is 5. The second-order valence-corrected chi connectivity index (χ2v) is 5.23. The lowest BCUT2D eigenvalue weighted by Crippen LogP contribution is -2.37. The Morgan fingerprint density at radius 2 is 2.17 bits per heavy atom. The number of anilines is 1. The molecule has 5 heteroatoms. The molecule has 2 rings (SSSR count). The van der Waals surface area contributed by atoms with Gasteiger partial charge in [0, 0.05) is 17.6 Å². The Hall–Kier alpha value is -0.930. The Bertz CT molecular complexity index is 447. The third-order valence-electron chi connectivity index (χ3n) is 3.01. The first-order chi connectivity index (χ1) is 8.61. The third-order valence-corrected chi connectivity index (χ3v) is 3.56. The van der Waals surface area contributed by atoms with Crippen molar-refractivity contribution in [3.63, 3.8) is 0 Å². The van der Waals surface area contributed by atoms with Gasteiger partial charge in [0.05, 0.1) is 17.3 Å². The molecule has 0 aromatic heterocycles. The monoisotopic (exact) mass is 286 g/mol. The highest BCUT2D eigenvalue weighted by molar-refractivity contribution is 6.36. The van der Waals surface area contributed by atoms with E-state index >= 15 is 0 Å². The zero-order chi connectivity index (χ0) is 13.1. The molecule has 0 bridgehead atoms. The van der Waals surface area contributed by atoms with Crippen LogP contribution in [0.25, 0.3) is 0 Å². The number of hydrogen-bond acceptors (Lipinski definition) is 2. The quantitative estimate of drug-likeness (QED) is 0.900. The lowest BCUT2D eigenvalue weighted by Gasteiger charge is -2.21. The summed E-state index contributed by atoms with van der Waals surface area (Å²) in [5.41, 5.74) is 0.737. The number of benzene rings is 1. The van der Waals surface area contributed by atoms with E-state index in [-0.39, 0.29) is 12.5 Å². The van der Waals surface area contributed by atoms with E-state index in [0.717, 1.165) is 25.1 Å². The van der Waals surface area contributed by atoms with E-state index in [1.807, 2.05) is 11.8 Å². The maximum Gasteiger partial charge on any atom is 0.242 e. The van der Waals surface area contributed by atoms with Crippen LogP contribution >= 0.6 is 23.2 Å². The summed E-state index contributed by atoms with van der Waals surface area (Å²) in [4.78, 5) is 13.9. The summed E-state index contributed by atoms with van der Waals surface area (Å²) >= 11 is 11.8. The summed E-state index contributed by atoms with van der Waals surface area (Å²) in [5.74, 6) is 0.117. The predicted molar refractivity (Wildman–Crippen MR) is 75.4 cm³/mol. The van der Waals surface area contributed by atoms with Gasteiger partial charge in [-0.2, -0.15) is 0 Å². The number of nitrogens with one attached hydrogen (secondary N) is 1. The van der Waals surface area contributed by atoms with Gasteiger partial charge in [-0.3, -0.25) is 4.79 Å². The molecule has 1 aliphatic rings. The minimum atomic E-state index is 0.117. The number of carbonyl (C=O) groups excluding carboxylic acids is 1. The number of hydrogen-bond donors (Lipinski definition) is 1. The number of amides is 1. The third kappa shape index (κ3) is 3.30. The SMILES string of the molecule is CCN(C(=O)CNc1ccc(Cl)cc1Cl)C1CC1. The molecule has 98 valence electrons. The Morgan fingerprint density at radius 1 is 1.44 bits per heavy atom. The van der Waals surface area contributed by atoms with E-state index < -0.39 is 0 Å². The van der Waals surface area contributed by atoms with Crippen LogP contribution in [0, 0.1) is 0 Å². The van der Waals surface area contributed by atoms with Gasteiger partial charge < -0.3 is 10.2 Å². The van der Waals surface area contributed by atoms with Gasteiger partial charge in [-0.25, -0.2) is 0 Å². The normalized spacial score (nSPS) is 14.4. The van der Waals surface area contributed by atoms with Gasteiger partial charge in [0.15, 0.2) is 0 Å². The molecule has 0 saturated heterocycles. The highest BCUT2D eigenvalue weighted by atomic mass is 35.5. The van der Waals surface area contributed by atoms with E-state index in [9.17, 15) is 4.79 Å². The van der Waals surface area contributed by atoms with Crippen LogP contribution in [0.4, 0.5) is 5.69 Å². The molecule has 1 saturated carbocycles. The van der Waals surface area contributed by atoms with Crippen molar-refractivity contribution < 1.29 is 4.79 Å². The van der Waals surface area contributed by atoms with E-state index in [1.165, 1.54) is 0 Å². The summed E-state index contributed by atoms with van der Waals surface area (Å²) in [6.07, 6.45) is 2.25. The summed E-state index contributed by atoms with van der Waals surface area (Å²) in [5, 5.41) is 4.18. The minimum absolute atomic E-state index is 0.117. The maximum atomic E-state index is 12.0. The first kappa shape index (κ1) is 13.5. The number of carbonyl (C=O) groups is 1. The molecule has 3 nitrogen and oxygen atoms in total. The molecule has 1 aromatic carbocycles. The molecule has 0 spiro atoms. The van der Waals surface area contributed by atoms with Gasteiger partial charge in [-0.15, -0.1) is 0 Å². The molecule has 0 unspecified atom stereocenters. The molecule has 0 heterocycles. The second kappa shape index (κ2) is 5.81. The molecule has 0 radical (unpaired) electrons. The Balaban J connectivity index is 1.92. The first-order valence-corrected chi connectivity index (χ1v) is 6.85. The fraction of sp³-hybridized carbons (Fsp3) is 0.462. The maximum absolute atomic E-state index is 12.0. The molecule has 1 aliphatic carbocycles. The van der Waals surface area contributed by atoms with Gasteiger partial charge in [0.2, 0.25) is 5.91 Å². The molecule has 1 N–H and O–H groups in total. The standard InChI is InChI=1S/C13H16Cl2N2O/c1-2-17(10-4-5-10)13(18)8-16-12-6-3-9(14)7-11(12)15/h3,6-7,10,16H,2,4-5,8H2,1H3. The Labute approximate surface area is 117 Å². The summed E-state index contributed by atoms with van der Waals surface area (Å²) < 4.78 is 0. The van der Waals surface area contributed by atoms with Crippen LogP contribution in [0.5, 0.6) is 0 Å². The largest absolute Gasteiger partial charge is 0.375 e. The van der Waals surface area contributed by atoms with Crippen LogP contribution in [-0.2, 0) is 4.79 Å². The van der Waals surface area contributed by atoms with Crippen molar-refractivity contribution in [1.29, 1.82) is 0 Å². The Morgan fingerprint density at radius 3 is 2.72 bits per heavy atom. The lowest BCUT2D eigenvalue weighted by atomic mass is 10.3. The van der Waals surface area contributed by atoms with Crippen molar-refractivity contribution in [3.8, 4) is 0 Å². The molecule has 0 atom stereocenters. The summed E-state index contributed by atoms with van der Waals surface area (Å²) in [6, 6.07) is 5.64. The summed E-state index contributed by atoms with van der Waals surface area (Å²) in [7, 11) is 0. The number of halogens is 2. The van der Waals surface area contributed by atoms with E-state index in [0.29, 0.717) is 16.1 Å². The van der Waals surface area contributed by atoms with Crippen LogP contribution in [0.1, 0.15) is 19.8 Å². The van der Waals surface area contributed by atoms with Crippen LogP contribution in [0.15, 0.2) is 18.2 Å².